The van der Waals surface area contributed by atoms with Crippen LogP contribution in [0.5, 0.6) is 11.5 Å². The van der Waals surface area contributed by atoms with E-state index in [2.05, 4.69) is 15.9 Å². The summed E-state index contributed by atoms with van der Waals surface area (Å²) in [4.78, 5) is 10.9. The first-order chi connectivity index (χ1) is 7.58. The van der Waals surface area contributed by atoms with Crippen LogP contribution in [-0.2, 0) is 4.79 Å². The number of carbonyl (C=O) groups is 1. The first kappa shape index (κ1) is 12.8. The summed E-state index contributed by atoms with van der Waals surface area (Å²) >= 11 is 3.34. The highest BCUT2D eigenvalue weighted by molar-refractivity contribution is 9.15. The van der Waals surface area contributed by atoms with Crippen LogP contribution >= 0.6 is 15.9 Å². The Labute approximate surface area is 103 Å². The number of halogens is 1. The molecular weight excluding hydrogens is 272 g/mol. The molecule has 0 aliphatic carbocycles. The minimum Gasteiger partial charge on any atom is -0.493 e. The van der Waals surface area contributed by atoms with E-state index in [0.29, 0.717) is 11.5 Å². The molecule has 0 spiro atoms. The summed E-state index contributed by atoms with van der Waals surface area (Å²) in [5.41, 5.74) is 0.868. The second kappa shape index (κ2) is 5.70. The lowest BCUT2D eigenvalue weighted by Gasteiger charge is -2.08. The van der Waals surface area contributed by atoms with E-state index < -0.39 is 0 Å². The zero-order valence-corrected chi connectivity index (χ0v) is 11.0. The number of allylic oxidation sites excluding steroid dienone is 1. The van der Waals surface area contributed by atoms with E-state index in [1.54, 1.807) is 20.3 Å². The molecule has 0 aliphatic heterocycles. The van der Waals surface area contributed by atoms with E-state index >= 15 is 0 Å². The van der Waals surface area contributed by atoms with Crippen molar-refractivity contribution in [3.8, 4) is 11.5 Å². The number of carbonyl (C=O) groups excluding carboxylic acids is 1. The van der Waals surface area contributed by atoms with Crippen molar-refractivity contribution < 1.29 is 14.3 Å². The zero-order chi connectivity index (χ0) is 12.1. The normalized spacial score (nSPS) is 11.1. The number of methoxy groups -OCH3 is 2. The zero-order valence-electron chi connectivity index (χ0n) is 9.41. The highest BCUT2D eigenvalue weighted by Crippen LogP contribution is 2.32. The number of hydrogen-bond acceptors (Lipinski definition) is 3. The lowest BCUT2D eigenvalue weighted by molar-refractivity contribution is -0.112. The number of hydrogen-bond donors (Lipinski definition) is 0. The van der Waals surface area contributed by atoms with Gasteiger partial charge in [0.2, 0.25) is 0 Å². The molecule has 1 aromatic carbocycles. The van der Waals surface area contributed by atoms with Crippen LogP contribution in [0, 0.1) is 0 Å². The van der Waals surface area contributed by atoms with Gasteiger partial charge in [-0.05, 0) is 36.8 Å². The van der Waals surface area contributed by atoms with Gasteiger partial charge in [0.25, 0.3) is 0 Å². The summed E-state index contributed by atoms with van der Waals surface area (Å²) in [6, 6.07) is 5.45. The lowest BCUT2D eigenvalue weighted by atomic mass is 10.1. The minimum atomic E-state index is -0.0124. The molecule has 0 aromatic heterocycles. The molecule has 0 saturated carbocycles. The lowest BCUT2D eigenvalue weighted by Crippen LogP contribution is -1.92. The van der Waals surface area contributed by atoms with E-state index in [0.717, 1.165) is 10.0 Å². The first-order valence-electron chi connectivity index (χ1n) is 4.68. The van der Waals surface area contributed by atoms with E-state index in [9.17, 15) is 4.79 Å². The maximum Gasteiger partial charge on any atom is 0.161 e. The highest BCUT2D eigenvalue weighted by atomic mass is 79.9. The second-order valence-corrected chi connectivity index (χ2v) is 4.03. The maximum absolute atomic E-state index is 10.9. The molecule has 4 heteroatoms. The average molecular weight is 285 g/mol. The Morgan fingerprint density at radius 2 is 1.88 bits per heavy atom. The van der Waals surface area contributed by atoms with Crippen LogP contribution in [0.2, 0.25) is 0 Å². The molecule has 0 fully saturated rings. The molecule has 1 aromatic rings. The molecule has 0 radical (unpaired) electrons. The van der Waals surface area contributed by atoms with E-state index in [4.69, 9.17) is 9.47 Å². The van der Waals surface area contributed by atoms with Crippen molar-refractivity contribution in [3.63, 3.8) is 0 Å². The third-order valence-corrected chi connectivity index (χ3v) is 2.68. The Morgan fingerprint density at radius 3 is 2.38 bits per heavy atom. The summed E-state index contributed by atoms with van der Waals surface area (Å²) in [7, 11) is 3.15. The average Bonchev–Trinajstić information content (AvgIpc) is 2.27. The van der Waals surface area contributed by atoms with Crippen molar-refractivity contribution in [3.05, 3.63) is 29.8 Å². The fraction of sp³-hybridized carbons (Fsp3) is 0.250. The van der Waals surface area contributed by atoms with Crippen LogP contribution < -0.4 is 9.47 Å². The molecule has 0 amide bonds. The fourth-order valence-electron chi connectivity index (χ4n) is 1.25. The molecule has 16 heavy (non-hydrogen) atoms. The molecule has 3 nitrogen and oxygen atoms in total. The van der Waals surface area contributed by atoms with Crippen LogP contribution in [-0.4, -0.2) is 20.0 Å². The Balaban J connectivity index is 3.13. The smallest absolute Gasteiger partial charge is 0.161 e. The van der Waals surface area contributed by atoms with Gasteiger partial charge in [0.05, 0.1) is 14.2 Å². The monoisotopic (exact) mass is 284 g/mol. The molecule has 0 N–H and O–H groups in total. The van der Waals surface area contributed by atoms with Gasteiger partial charge < -0.3 is 9.47 Å². The summed E-state index contributed by atoms with van der Waals surface area (Å²) in [5, 5.41) is 0. The number of benzene rings is 1. The molecular formula is C12H13BrO3. The third kappa shape index (κ3) is 3.10. The predicted octanol–water partition coefficient (Wildman–Crippen LogP) is 3.03. The van der Waals surface area contributed by atoms with Crippen LogP contribution in [0.15, 0.2) is 24.3 Å². The van der Waals surface area contributed by atoms with Gasteiger partial charge in [0.15, 0.2) is 17.3 Å². The van der Waals surface area contributed by atoms with E-state index in [-0.39, 0.29) is 5.78 Å². The third-order valence-electron chi connectivity index (χ3n) is 1.99. The largest absolute Gasteiger partial charge is 0.493 e. The van der Waals surface area contributed by atoms with Gasteiger partial charge in [-0.2, -0.15) is 0 Å². The molecule has 0 bridgehead atoms. The van der Waals surface area contributed by atoms with Crippen LogP contribution in [0.3, 0.4) is 0 Å². The standard InChI is InChI=1S/C12H13BrO3/c1-8(14)6-10(13)9-4-5-11(15-2)12(7-9)16-3/h4-7H,1-3H3/b10-6-. The van der Waals surface area contributed by atoms with Crippen LogP contribution in [0.4, 0.5) is 0 Å². The first-order valence-corrected chi connectivity index (χ1v) is 5.48. The van der Waals surface area contributed by atoms with Crippen molar-refractivity contribution in [1.29, 1.82) is 0 Å². The molecule has 1 rings (SSSR count). The van der Waals surface area contributed by atoms with Gasteiger partial charge >= 0.3 is 0 Å². The summed E-state index contributed by atoms with van der Waals surface area (Å²) in [5.74, 6) is 1.28. The topological polar surface area (TPSA) is 35.5 Å². The molecule has 0 saturated heterocycles. The van der Waals surface area contributed by atoms with Crippen molar-refractivity contribution >= 4 is 26.2 Å². The van der Waals surface area contributed by atoms with Crippen molar-refractivity contribution in [2.75, 3.05) is 14.2 Å². The summed E-state index contributed by atoms with van der Waals surface area (Å²) in [6.07, 6.45) is 1.52. The number of ether oxygens (including phenoxy) is 2. The van der Waals surface area contributed by atoms with Crippen molar-refractivity contribution in [1.82, 2.24) is 0 Å². The molecule has 0 atom stereocenters. The van der Waals surface area contributed by atoms with Gasteiger partial charge in [-0.1, -0.05) is 15.9 Å². The molecule has 86 valence electrons. The number of rotatable bonds is 4. The van der Waals surface area contributed by atoms with Gasteiger partial charge in [-0.25, -0.2) is 0 Å². The Bertz CT molecular complexity index is 424. The molecule has 0 heterocycles. The number of ketones is 1. The second-order valence-electron chi connectivity index (χ2n) is 3.17. The van der Waals surface area contributed by atoms with Gasteiger partial charge in [-0.15, -0.1) is 0 Å². The van der Waals surface area contributed by atoms with Gasteiger partial charge in [0.1, 0.15) is 0 Å². The van der Waals surface area contributed by atoms with Crippen molar-refractivity contribution in [2.24, 2.45) is 0 Å². The van der Waals surface area contributed by atoms with Gasteiger partial charge in [0, 0.05) is 4.48 Å². The fourth-order valence-corrected chi connectivity index (χ4v) is 1.82. The Hall–Kier alpha value is -1.29. The SMILES string of the molecule is COc1ccc(/C(Br)=C/C(C)=O)cc1OC. The predicted molar refractivity (Wildman–Crippen MR) is 67.1 cm³/mol. The highest BCUT2D eigenvalue weighted by Gasteiger charge is 2.06. The molecule has 0 aliphatic rings. The van der Waals surface area contributed by atoms with Gasteiger partial charge in [-0.3, -0.25) is 4.79 Å². The van der Waals surface area contributed by atoms with Crippen LogP contribution in [0.1, 0.15) is 12.5 Å². The minimum absolute atomic E-state index is 0.0124. The summed E-state index contributed by atoms with van der Waals surface area (Å²) in [6.45, 7) is 1.50. The Morgan fingerprint density at radius 1 is 1.25 bits per heavy atom. The maximum atomic E-state index is 10.9. The van der Waals surface area contributed by atoms with E-state index in [1.807, 2.05) is 12.1 Å². The van der Waals surface area contributed by atoms with E-state index in [1.165, 1.54) is 13.0 Å². The van der Waals surface area contributed by atoms with Crippen molar-refractivity contribution in [2.45, 2.75) is 6.92 Å². The summed E-state index contributed by atoms with van der Waals surface area (Å²) < 4.78 is 11.0. The quantitative estimate of drug-likeness (QED) is 0.798. The van der Waals surface area contributed by atoms with Crippen LogP contribution in [0.25, 0.3) is 4.48 Å². The Kier molecular flexibility index (Phi) is 4.55. The molecule has 0 unspecified atom stereocenters.